The van der Waals surface area contributed by atoms with Crippen molar-refractivity contribution in [2.75, 3.05) is 13.7 Å². The molecule has 0 aliphatic heterocycles. The van der Waals surface area contributed by atoms with Crippen molar-refractivity contribution >= 4 is 29.5 Å². The number of amides is 3. The van der Waals surface area contributed by atoms with Gasteiger partial charge in [0.25, 0.3) is 0 Å². The molecule has 12 nitrogen and oxygen atoms in total. The van der Waals surface area contributed by atoms with Gasteiger partial charge in [0.05, 0.1) is 37.1 Å². The lowest BCUT2D eigenvalue weighted by atomic mass is 9.41. The van der Waals surface area contributed by atoms with E-state index in [0.717, 1.165) is 17.5 Å². The molecular weight excluding hydrogens is 602 g/mol. The van der Waals surface area contributed by atoms with Gasteiger partial charge < -0.3 is 37.3 Å². The molecule has 6 atom stereocenters. The summed E-state index contributed by atoms with van der Waals surface area (Å²) in [5.74, 6) is -2.71. The fourth-order valence-corrected chi connectivity index (χ4v) is 8.49. The number of esters is 1. The third-order valence-electron chi connectivity index (χ3n) is 10.2. The largest absolute Gasteiger partial charge is 0.508 e. The maximum atomic E-state index is 14.5. The van der Waals surface area contributed by atoms with Gasteiger partial charge in [-0.1, -0.05) is 42.5 Å². The zero-order valence-corrected chi connectivity index (χ0v) is 26.9. The van der Waals surface area contributed by atoms with Gasteiger partial charge in [0.2, 0.25) is 17.7 Å². The lowest BCUT2D eigenvalue weighted by molar-refractivity contribution is -0.188. The van der Waals surface area contributed by atoms with Crippen LogP contribution in [0.1, 0.15) is 50.2 Å². The van der Waals surface area contributed by atoms with Crippen LogP contribution in [0.4, 0.5) is 0 Å². The maximum Gasteiger partial charge on any atom is 0.312 e. The van der Waals surface area contributed by atoms with Gasteiger partial charge in [-0.25, -0.2) is 0 Å². The number of aromatic hydroxyl groups is 1. The molecule has 3 unspecified atom stereocenters. The zero-order chi connectivity index (χ0) is 33.9. The average Bonchev–Trinajstić information content (AvgIpc) is 3.03. The minimum absolute atomic E-state index is 0.0955. The van der Waals surface area contributed by atoms with E-state index in [1.807, 2.05) is 30.3 Å². The van der Waals surface area contributed by atoms with Gasteiger partial charge in [0.1, 0.15) is 11.8 Å². The number of hydrogen-bond donors (Lipinski definition) is 6. The molecule has 2 aromatic rings. The SMILES string of the molecule is COC(=O)C12CC3CC(CC(N)(C3)C1C(=O)[C@H](Cc1ccccc1)NC(=O)CNC(=O)[C@@H](C)NC(=O)[C@@H](N)Cc1ccc(O)cc1)C2. The number of ether oxygens (including phenoxy) is 1. The molecule has 0 heterocycles. The van der Waals surface area contributed by atoms with E-state index in [9.17, 15) is 29.1 Å². The average molecular weight is 648 g/mol. The van der Waals surface area contributed by atoms with Gasteiger partial charge >= 0.3 is 5.97 Å². The normalized spacial score (nSPS) is 27.6. The van der Waals surface area contributed by atoms with Crippen molar-refractivity contribution in [2.45, 2.75) is 75.5 Å². The van der Waals surface area contributed by atoms with E-state index in [2.05, 4.69) is 16.0 Å². The number of rotatable bonds is 13. The van der Waals surface area contributed by atoms with E-state index < -0.39 is 65.2 Å². The predicted octanol–water partition coefficient (Wildman–Crippen LogP) is 0.876. The fraction of sp³-hybridized carbons (Fsp3) is 0.514. The van der Waals surface area contributed by atoms with Gasteiger partial charge in [-0.05, 0) is 87.0 Å². The number of benzene rings is 2. The van der Waals surface area contributed by atoms with Crippen molar-refractivity contribution in [3.63, 3.8) is 0 Å². The van der Waals surface area contributed by atoms with E-state index in [1.165, 1.54) is 26.2 Å². The number of nitrogens with two attached hydrogens (primary N) is 2. The number of phenols is 1. The van der Waals surface area contributed by atoms with Crippen molar-refractivity contribution in [3.8, 4) is 5.75 Å². The third kappa shape index (κ3) is 7.33. The molecule has 6 rings (SSSR count). The minimum Gasteiger partial charge on any atom is -0.508 e. The number of hydrogen-bond acceptors (Lipinski definition) is 9. The highest BCUT2D eigenvalue weighted by Crippen LogP contribution is 2.64. The molecule has 12 heteroatoms. The Hall–Kier alpha value is -4.29. The first-order valence-corrected chi connectivity index (χ1v) is 16.2. The van der Waals surface area contributed by atoms with Crippen LogP contribution in [0.3, 0.4) is 0 Å². The van der Waals surface area contributed by atoms with E-state index in [-0.39, 0.29) is 36.2 Å². The Balaban J connectivity index is 1.24. The van der Waals surface area contributed by atoms with E-state index in [1.54, 1.807) is 12.1 Å². The summed E-state index contributed by atoms with van der Waals surface area (Å²) in [7, 11) is 1.34. The molecule has 0 spiro atoms. The molecule has 47 heavy (non-hydrogen) atoms. The van der Waals surface area contributed by atoms with Crippen LogP contribution >= 0.6 is 0 Å². The van der Waals surface area contributed by atoms with Gasteiger partial charge in [-0.3, -0.25) is 24.0 Å². The first-order chi connectivity index (χ1) is 22.3. The van der Waals surface area contributed by atoms with Crippen molar-refractivity contribution in [1.82, 2.24) is 16.0 Å². The lowest BCUT2D eigenvalue weighted by Crippen LogP contribution is -2.72. The van der Waals surface area contributed by atoms with Crippen molar-refractivity contribution in [2.24, 2.45) is 34.6 Å². The van der Waals surface area contributed by atoms with Crippen LogP contribution in [0.15, 0.2) is 54.6 Å². The van der Waals surface area contributed by atoms with E-state index in [4.69, 9.17) is 16.2 Å². The summed E-state index contributed by atoms with van der Waals surface area (Å²) in [5.41, 5.74) is 12.7. The van der Waals surface area contributed by atoms with Gasteiger partial charge in [0, 0.05) is 5.54 Å². The first-order valence-electron chi connectivity index (χ1n) is 16.2. The van der Waals surface area contributed by atoms with Gasteiger partial charge in [-0.2, -0.15) is 0 Å². The maximum absolute atomic E-state index is 14.5. The van der Waals surface area contributed by atoms with Crippen LogP contribution in [0, 0.1) is 23.2 Å². The minimum atomic E-state index is -1.03. The molecule has 4 aliphatic carbocycles. The molecule has 3 amide bonds. The van der Waals surface area contributed by atoms with E-state index >= 15 is 0 Å². The summed E-state index contributed by atoms with van der Waals surface area (Å²) in [5, 5.41) is 17.3. The quantitative estimate of drug-likeness (QED) is 0.171. The third-order valence-corrected chi connectivity index (χ3v) is 10.2. The first kappa shape index (κ1) is 34.1. The molecular formula is C35H45N5O7. The molecule has 0 saturated heterocycles. The molecule has 0 radical (unpaired) electrons. The summed E-state index contributed by atoms with van der Waals surface area (Å²) in [6.45, 7) is 1.03. The second kappa shape index (κ2) is 13.8. The number of carbonyl (C=O) groups is 5. The van der Waals surface area contributed by atoms with Gasteiger partial charge in [-0.15, -0.1) is 0 Å². The molecule has 4 saturated carbocycles. The van der Waals surface area contributed by atoms with Crippen LogP contribution in [-0.4, -0.2) is 71.9 Å². The Kier molecular flexibility index (Phi) is 10.0. The predicted molar refractivity (Wildman–Crippen MR) is 172 cm³/mol. The summed E-state index contributed by atoms with van der Waals surface area (Å²) < 4.78 is 5.27. The fourth-order valence-electron chi connectivity index (χ4n) is 8.49. The van der Waals surface area contributed by atoms with Crippen LogP contribution in [0.5, 0.6) is 5.75 Å². The highest BCUT2D eigenvalue weighted by atomic mass is 16.5. The smallest absolute Gasteiger partial charge is 0.312 e. The molecule has 2 aromatic carbocycles. The monoisotopic (exact) mass is 647 g/mol. The Morgan fingerprint density at radius 1 is 0.894 bits per heavy atom. The number of ketones is 1. The zero-order valence-electron chi connectivity index (χ0n) is 26.9. The van der Waals surface area contributed by atoms with Crippen molar-refractivity contribution in [1.29, 1.82) is 0 Å². The topological polar surface area (TPSA) is 203 Å². The summed E-state index contributed by atoms with van der Waals surface area (Å²) >= 11 is 0. The van der Waals surface area contributed by atoms with Gasteiger partial charge in [0.15, 0.2) is 5.78 Å². The molecule has 4 bridgehead atoms. The van der Waals surface area contributed by atoms with E-state index in [0.29, 0.717) is 25.7 Å². The molecule has 8 N–H and O–H groups in total. The second-order valence-corrected chi connectivity index (χ2v) is 13.7. The van der Waals surface area contributed by atoms with Crippen LogP contribution in [-0.2, 0) is 41.6 Å². The number of nitrogens with one attached hydrogen (secondary N) is 3. The van der Waals surface area contributed by atoms with Crippen molar-refractivity contribution in [3.05, 3.63) is 65.7 Å². The lowest BCUT2D eigenvalue weighted by Gasteiger charge is -2.63. The Labute approximate surface area is 274 Å². The number of methoxy groups -OCH3 is 1. The highest BCUT2D eigenvalue weighted by molar-refractivity contribution is 5.97. The molecule has 252 valence electrons. The molecule has 4 aliphatic rings. The number of Topliss-reactive ketones (excluding diaryl/α,β-unsaturated/α-hetero) is 1. The van der Waals surface area contributed by atoms with Crippen LogP contribution < -0.4 is 27.4 Å². The number of phenolic OH excluding ortho intramolecular Hbond substituents is 1. The molecule has 4 fully saturated rings. The standard InChI is InChI=1S/C35H45N5O7/c1-20(39-32(45)26(36)13-22-8-10-25(41)11-9-22)31(44)38-19-28(42)40-27(14-21-6-4-3-5-7-21)29(43)30-34(33(46)47-2)15-23-12-24(16-34)18-35(30,37)17-23/h3-11,20,23-24,26-27,30,41H,12-19,36-37H2,1-2H3,(H,38,44)(H,39,45)(H,40,42)/t20-,23?,24?,26+,27+,30?,34?,35?/m1/s1. The second-order valence-electron chi connectivity index (χ2n) is 13.7. The summed E-state index contributed by atoms with van der Waals surface area (Å²) in [6.07, 6.45) is 3.73. The van der Waals surface area contributed by atoms with Crippen LogP contribution in [0.2, 0.25) is 0 Å². The Morgan fingerprint density at radius 3 is 2.13 bits per heavy atom. The number of carbonyl (C=O) groups excluding carboxylic acids is 5. The van der Waals surface area contributed by atoms with Crippen molar-refractivity contribution < 1.29 is 33.8 Å². The summed E-state index contributed by atoms with van der Waals surface area (Å²) in [4.78, 5) is 66.6. The Bertz CT molecular complexity index is 1480. The molecule has 0 aromatic heterocycles. The summed E-state index contributed by atoms with van der Waals surface area (Å²) in [6, 6.07) is 12.6. The highest BCUT2D eigenvalue weighted by Gasteiger charge is 2.68. The Morgan fingerprint density at radius 2 is 1.51 bits per heavy atom. The van der Waals surface area contributed by atoms with Crippen LogP contribution in [0.25, 0.3) is 0 Å².